The average Bonchev–Trinajstić information content (AvgIpc) is 2.70. The van der Waals surface area contributed by atoms with E-state index in [0.717, 1.165) is 5.56 Å². The van der Waals surface area contributed by atoms with E-state index >= 15 is 0 Å². The number of carbonyl (C=O) groups excluding carboxylic acids is 1. The number of nitrogens with zero attached hydrogens (tertiary/aromatic N) is 1. The number of hydrogen-bond donors (Lipinski definition) is 3. The minimum Gasteiger partial charge on any atom is -0.492 e. The third-order valence-corrected chi connectivity index (χ3v) is 4.00. The van der Waals surface area contributed by atoms with E-state index in [9.17, 15) is 13.6 Å². The molecule has 0 heterocycles. The zero-order chi connectivity index (χ0) is 22.6. The van der Waals surface area contributed by atoms with Gasteiger partial charge in [-0.25, -0.2) is 4.99 Å². The number of alkyl halides is 2. The number of nitrogens with one attached hydrogen (secondary N) is 3. The quantitative estimate of drug-likeness (QED) is 0.302. The third kappa shape index (κ3) is 8.90. The molecule has 2 rings (SSSR count). The normalized spacial score (nSPS) is 11.2. The molecule has 0 atom stereocenters. The van der Waals surface area contributed by atoms with Crippen LogP contribution in [-0.4, -0.2) is 38.2 Å². The molecule has 0 unspecified atom stereocenters. The Balaban J connectivity index is 1.92. The Kier molecular flexibility index (Phi) is 9.54. The summed E-state index contributed by atoms with van der Waals surface area (Å²) in [6, 6.07) is 12.1. The number of halogens is 2. The first-order valence-corrected chi connectivity index (χ1v) is 9.94. The smallest absolute Gasteiger partial charge is 0.387 e. The summed E-state index contributed by atoms with van der Waals surface area (Å²) in [7, 11) is 0. The van der Waals surface area contributed by atoms with Crippen LogP contribution >= 0.6 is 0 Å². The zero-order valence-electron chi connectivity index (χ0n) is 17.9. The van der Waals surface area contributed by atoms with Gasteiger partial charge in [-0.15, -0.1) is 0 Å². The van der Waals surface area contributed by atoms with Crippen LogP contribution in [0.25, 0.3) is 0 Å². The highest BCUT2D eigenvalue weighted by Crippen LogP contribution is 2.23. The first kappa shape index (κ1) is 23.9. The first-order valence-electron chi connectivity index (χ1n) is 9.94. The highest BCUT2D eigenvalue weighted by molar-refractivity contribution is 5.88. The monoisotopic (exact) mass is 434 g/mol. The van der Waals surface area contributed by atoms with Gasteiger partial charge in [-0.2, -0.15) is 8.78 Å². The molecule has 2 aromatic carbocycles. The molecule has 0 bridgehead atoms. The average molecular weight is 434 g/mol. The lowest BCUT2D eigenvalue weighted by molar-refractivity contribution is -0.114. The Labute approximate surface area is 180 Å². The summed E-state index contributed by atoms with van der Waals surface area (Å²) < 4.78 is 35.6. The van der Waals surface area contributed by atoms with Crippen molar-refractivity contribution in [3.05, 3.63) is 53.6 Å². The van der Waals surface area contributed by atoms with E-state index in [1.165, 1.54) is 13.0 Å². The number of amides is 1. The van der Waals surface area contributed by atoms with Gasteiger partial charge in [-0.1, -0.05) is 23.8 Å². The fraction of sp³-hybridized carbons (Fsp3) is 0.364. The lowest BCUT2D eigenvalue weighted by atomic mass is 10.1. The number of aryl methyl sites for hydroxylation is 1. The Morgan fingerprint density at radius 2 is 1.97 bits per heavy atom. The predicted molar refractivity (Wildman–Crippen MR) is 117 cm³/mol. The van der Waals surface area contributed by atoms with Gasteiger partial charge in [0.15, 0.2) is 5.96 Å². The van der Waals surface area contributed by atoms with Gasteiger partial charge in [0.2, 0.25) is 5.91 Å². The standard InChI is InChI=1S/C22H28F2N4O3/c1-4-25-22(27-14-17-12-15(2)8-9-20(17)31-21(23)24)26-10-11-30-19-7-5-6-18(13-19)28-16(3)29/h5-9,12-13,21H,4,10-11,14H2,1-3H3,(H,28,29)(H2,25,26,27). The summed E-state index contributed by atoms with van der Waals surface area (Å²) >= 11 is 0. The minimum atomic E-state index is -2.89. The second kappa shape index (κ2) is 12.4. The molecule has 0 aliphatic carbocycles. The van der Waals surface area contributed by atoms with Crippen LogP contribution in [0.15, 0.2) is 47.5 Å². The summed E-state index contributed by atoms with van der Waals surface area (Å²) in [6.45, 7) is 4.00. The second-order valence-corrected chi connectivity index (χ2v) is 6.67. The van der Waals surface area contributed by atoms with E-state index in [4.69, 9.17) is 4.74 Å². The van der Waals surface area contributed by atoms with E-state index in [0.29, 0.717) is 42.7 Å². The molecule has 0 spiro atoms. The van der Waals surface area contributed by atoms with Gasteiger partial charge >= 0.3 is 6.61 Å². The number of hydrogen-bond acceptors (Lipinski definition) is 4. The van der Waals surface area contributed by atoms with E-state index in [1.807, 2.05) is 13.8 Å². The van der Waals surface area contributed by atoms with Crippen molar-refractivity contribution in [3.8, 4) is 11.5 Å². The molecular formula is C22H28F2N4O3. The van der Waals surface area contributed by atoms with Crippen molar-refractivity contribution < 1.29 is 23.0 Å². The molecule has 168 valence electrons. The number of benzene rings is 2. The summed E-state index contributed by atoms with van der Waals surface area (Å²) in [4.78, 5) is 15.6. The summed E-state index contributed by atoms with van der Waals surface area (Å²) in [5.74, 6) is 1.12. The molecule has 7 nitrogen and oxygen atoms in total. The van der Waals surface area contributed by atoms with E-state index in [-0.39, 0.29) is 18.2 Å². The van der Waals surface area contributed by atoms with Crippen LogP contribution in [0.2, 0.25) is 0 Å². The van der Waals surface area contributed by atoms with Crippen LogP contribution in [0.5, 0.6) is 11.5 Å². The van der Waals surface area contributed by atoms with Crippen molar-refractivity contribution in [3.63, 3.8) is 0 Å². The molecule has 3 N–H and O–H groups in total. The lowest BCUT2D eigenvalue weighted by Crippen LogP contribution is -2.39. The fourth-order valence-corrected chi connectivity index (χ4v) is 2.75. The molecule has 1 amide bonds. The molecule has 31 heavy (non-hydrogen) atoms. The maximum atomic E-state index is 12.6. The number of anilines is 1. The Bertz CT molecular complexity index is 891. The lowest BCUT2D eigenvalue weighted by Gasteiger charge is -2.14. The van der Waals surface area contributed by atoms with Crippen LogP contribution in [0, 0.1) is 6.92 Å². The Hall–Kier alpha value is -3.36. The van der Waals surface area contributed by atoms with Crippen LogP contribution < -0.4 is 25.4 Å². The number of carbonyl (C=O) groups is 1. The number of rotatable bonds is 10. The van der Waals surface area contributed by atoms with Gasteiger partial charge in [-0.05, 0) is 32.0 Å². The molecule has 0 aliphatic heterocycles. The molecule has 9 heteroatoms. The molecule has 2 aromatic rings. The van der Waals surface area contributed by atoms with E-state index in [1.54, 1.807) is 36.4 Å². The van der Waals surface area contributed by atoms with Crippen molar-refractivity contribution in [1.29, 1.82) is 0 Å². The SMILES string of the molecule is CCNC(=NCc1cc(C)ccc1OC(F)F)NCCOc1cccc(NC(C)=O)c1. The predicted octanol–water partition coefficient (Wildman–Crippen LogP) is 3.69. The molecule has 0 fully saturated rings. The Morgan fingerprint density at radius 1 is 1.16 bits per heavy atom. The van der Waals surface area contributed by atoms with Crippen molar-refractivity contribution >= 4 is 17.6 Å². The highest BCUT2D eigenvalue weighted by Gasteiger charge is 2.10. The van der Waals surface area contributed by atoms with Crippen LogP contribution in [0.4, 0.5) is 14.5 Å². The van der Waals surface area contributed by atoms with Crippen molar-refractivity contribution in [1.82, 2.24) is 10.6 Å². The van der Waals surface area contributed by atoms with E-state index in [2.05, 4.69) is 25.7 Å². The molecule has 0 aliphatic rings. The van der Waals surface area contributed by atoms with Gasteiger partial charge < -0.3 is 25.4 Å². The fourth-order valence-electron chi connectivity index (χ4n) is 2.75. The van der Waals surface area contributed by atoms with Gasteiger partial charge in [0.1, 0.15) is 18.1 Å². The van der Waals surface area contributed by atoms with Crippen LogP contribution in [-0.2, 0) is 11.3 Å². The summed E-state index contributed by atoms with van der Waals surface area (Å²) in [5.41, 5.74) is 2.16. The largest absolute Gasteiger partial charge is 0.492 e. The van der Waals surface area contributed by atoms with E-state index < -0.39 is 6.61 Å². The second-order valence-electron chi connectivity index (χ2n) is 6.67. The molecule has 0 aromatic heterocycles. The van der Waals surface area contributed by atoms with Crippen molar-refractivity contribution in [2.75, 3.05) is 25.0 Å². The minimum absolute atomic E-state index is 0.114. The number of guanidine groups is 1. The molecular weight excluding hydrogens is 406 g/mol. The topological polar surface area (TPSA) is 84.0 Å². The number of ether oxygens (including phenoxy) is 2. The van der Waals surface area contributed by atoms with Crippen molar-refractivity contribution in [2.24, 2.45) is 4.99 Å². The van der Waals surface area contributed by atoms with Gasteiger partial charge in [0.05, 0.1) is 13.1 Å². The maximum Gasteiger partial charge on any atom is 0.387 e. The molecule has 0 saturated carbocycles. The first-order chi connectivity index (χ1) is 14.9. The van der Waals surface area contributed by atoms with Gasteiger partial charge in [0.25, 0.3) is 0 Å². The Morgan fingerprint density at radius 3 is 2.68 bits per heavy atom. The highest BCUT2D eigenvalue weighted by atomic mass is 19.3. The van der Waals surface area contributed by atoms with Crippen LogP contribution in [0.1, 0.15) is 25.0 Å². The van der Waals surface area contributed by atoms with Crippen molar-refractivity contribution in [2.45, 2.75) is 33.9 Å². The third-order valence-electron chi connectivity index (χ3n) is 4.00. The zero-order valence-corrected chi connectivity index (χ0v) is 17.9. The summed E-state index contributed by atoms with van der Waals surface area (Å²) in [5, 5.41) is 8.94. The van der Waals surface area contributed by atoms with Crippen LogP contribution in [0.3, 0.4) is 0 Å². The molecule has 0 radical (unpaired) electrons. The summed E-state index contributed by atoms with van der Waals surface area (Å²) in [6.07, 6.45) is 0. The maximum absolute atomic E-state index is 12.6. The van der Waals surface area contributed by atoms with Gasteiger partial charge in [-0.3, -0.25) is 4.79 Å². The van der Waals surface area contributed by atoms with Gasteiger partial charge in [0, 0.05) is 30.8 Å². The molecule has 0 saturated heterocycles. The number of aliphatic imine (C=N–C) groups is 1.